The molecule has 1 heterocycles. The molecule has 0 aliphatic rings. The van der Waals surface area contributed by atoms with Gasteiger partial charge in [-0.2, -0.15) is 5.26 Å². The average molecular weight is 437 g/mol. The van der Waals surface area contributed by atoms with Crippen LogP contribution >= 0.6 is 23.2 Å². The fourth-order valence-corrected chi connectivity index (χ4v) is 3.48. The van der Waals surface area contributed by atoms with E-state index in [-0.39, 0.29) is 5.02 Å². The first-order valence-electron chi connectivity index (χ1n) is 9.07. The summed E-state index contributed by atoms with van der Waals surface area (Å²) in [7, 11) is 0. The molecule has 2 N–H and O–H groups in total. The predicted molar refractivity (Wildman–Crippen MR) is 120 cm³/mol. The van der Waals surface area contributed by atoms with Crippen LogP contribution in [0.5, 0.6) is 0 Å². The molecule has 0 unspecified atom stereocenters. The summed E-state index contributed by atoms with van der Waals surface area (Å²) < 4.78 is 13.5. The number of hydrogen-bond donors (Lipinski definition) is 2. The molecule has 7 heteroatoms. The summed E-state index contributed by atoms with van der Waals surface area (Å²) in [5.41, 5.74) is 4.15. The van der Waals surface area contributed by atoms with Crippen molar-refractivity contribution >= 4 is 51.2 Å². The first kappa shape index (κ1) is 20.0. The van der Waals surface area contributed by atoms with Gasteiger partial charge in [-0.15, -0.1) is 0 Å². The van der Waals surface area contributed by atoms with Gasteiger partial charge in [0.05, 0.1) is 21.8 Å². The zero-order valence-electron chi connectivity index (χ0n) is 15.6. The van der Waals surface area contributed by atoms with Gasteiger partial charge < -0.3 is 10.6 Å². The summed E-state index contributed by atoms with van der Waals surface area (Å²) >= 11 is 11.9. The molecule has 148 valence electrons. The van der Waals surface area contributed by atoms with Crippen molar-refractivity contribution in [3.8, 4) is 6.07 Å². The van der Waals surface area contributed by atoms with Gasteiger partial charge >= 0.3 is 0 Å². The maximum atomic E-state index is 13.5. The van der Waals surface area contributed by atoms with Gasteiger partial charge in [0.25, 0.3) is 0 Å². The monoisotopic (exact) mass is 436 g/mol. The fraction of sp³-hybridized carbons (Fsp3) is 0.0435. The summed E-state index contributed by atoms with van der Waals surface area (Å²) in [5, 5.41) is 17.5. The highest BCUT2D eigenvalue weighted by Crippen LogP contribution is 2.32. The maximum Gasteiger partial charge on any atom is 0.141 e. The fourth-order valence-electron chi connectivity index (χ4n) is 3.09. The van der Waals surface area contributed by atoms with Crippen LogP contribution in [0.15, 0.2) is 66.9 Å². The Hall–Kier alpha value is -3.33. The highest BCUT2D eigenvalue weighted by molar-refractivity contribution is 6.31. The summed E-state index contributed by atoms with van der Waals surface area (Å²) in [6.45, 7) is 0.591. The van der Waals surface area contributed by atoms with Crippen molar-refractivity contribution in [3.63, 3.8) is 0 Å². The minimum absolute atomic E-state index is 0.000692. The van der Waals surface area contributed by atoms with E-state index in [0.717, 1.165) is 22.2 Å². The molecule has 0 fully saturated rings. The van der Waals surface area contributed by atoms with Crippen LogP contribution in [-0.4, -0.2) is 4.98 Å². The zero-order chi connectivity index (χ0) is 21.1. The number of fused-ring (bicyclic) bond motifs is 1. The lowest BCUT2D eigenvalue weighted by Gasteiger charge is -2.14. The Morgan fingerprint density at radius 2 is 1.83 bits per heavy atom. The lowest BCUT2D eigenvalue weighted by molar-refractivity contribution is 0.628. The molecule has 30 heavy (non-hydrogen) atoms. The number of benzene rings is 3. The summed E-state index contributed by atoms with van der Waals surface area (Å²) in [6, 6.07) is 19.8. The largest absolute Gasteiger partial charge is 0.381 e. The van der Waals surface area contributed by atoms with E-state index in [1.807, 2.05) is 42.5 Å². The highest BCUT2D eigenvalue weighted by atomic mass is 35.5. The maximum absolute atomic E-state index is 13.5. The molecule has 0 amide bonds. The van der Waals surface area contributed by atoms with Crippen LogP contribution in [-0.2, 0) is 6.54 Å². The molecule has 4 aromatic rings. The van der Waals surface area contributed by atoms with Gasteiger partial charge in [-0.25, -0.2) is 4.39 Å². The number of nitriles is 1. The Balaban J connectivity index is 1.69. The number of anilines is 3. The quantitative estimate of drug-likeness (QED) is 0.356. The summed E-state index contributed by atoms with van der Waals surface area (Å²) in [6.07, 6.45) is 1.51. The summed E-state index contributed by atoms with van der Waals surface area (Å²) in [5.74, 6) is -0.505. The van der Waals surface area contributed by atoms with E-state index in [4.69, 9.17) is 23.2 Å². The second-order valence-corrected chi connectivity index (χ2v) is 7.47. The van der Waals surface area contributed by atoms with E-state index in [2.05, 4.69) is 21.7 Å². The average Bonchev–Trinajstić information content (AvgIpc) is 2.75. The Kier molecular flexibility index (Phi) is 5.71. The van der Waals surface area contributed by atoms with Crippen LogP contribution in [0.3, 0.4) is 0 Å². The van der Waals surface area contributed by atoms with Crippen molar-refractivity contribution in [2.45, 2.75) is 6.54 Å². The topological polar surface area (TPSA) is 60.7 Å². The number of hydrogen-bond acceptors (Lipinski definition) is 4. The molecule has 0 aliphatic carbocycles. The van der Waals surface area contributed by atoms with Gasteiger partial charge in [0.1, 0.15) is 11.9 Å². The minimum atomic E-state index is -0.505. The zero-order valence-corrected chi connectivity index (χ0v) is 17.1. The molecule has 1 aromatic heterocycles. The number of halogens is 3. The molecule has 0 spiro atoms. The number of rotatable bonds is 5. The van der Waals surface area contributed by atoms with E-state index in [1.165, 1.54) is 18.3 Å². The van der Waals surface area contributed by atoms with Gasteiger partial charge in [-0.1, -0.05) is 35.3 Å². The highest BCUT2D eigenvalue weighted by Gasteiger charge is 2.11. The predicted octanol–water partition coefficient (Wildman–Crippen LogP) is 6.91. The van der Waals surface area contributed by atoms with E-state index >= 15 is 0 Å². The second-order valence-electron chi connectivity index (χ2n) is 6.63. The minimum Gasteiger partial charge on any atom is -0.381 e. The van der Waals surface area contributed by atoms with Crippen LogP contribution < -0.4 is 10.6 Å². The van der Waals surface area contributed by atoms with Crippen LogP contribution in [0.2, 0.25) is 10.0 Å². The number of nitrogens with zero attached hydrogens (tertiary/aromatic N) is 2. The standard InChI is InChI=1S/C23H15Cl2FN4/c24-16-3-1-2-14(8-16)12-28-17-5-7-22-19(9-17)23(15(11-27)13-29-22)30-18-4-6-21(26)20(25)10-18/h1-10,13,28H,12H2,(H,29,30). The molecular weight excluding hydrogens is 422 g/mol. The van der Waals surface area contributed by atoms with Gasteiger partial charge in [0.15, 0.2) is 0 Å². The Morgan fingerprint density at radius 1 is 1.00 bits per heavy atom. The van der Waals surface area contributed by atoms with E-state index < -0.39 is 5.82 Å². The van der Waals surface area contributed by atoms with Crippen molar-refractivity contribution in [3.05, 3.63) is 93.8 Å². The summed E-state index contributed by atoms with van der Waals surface area (Å²) in [4.78, 5) is 4.36. The Labute approximate surface area is 182 Å². The van der Waals surface area contributed by atoms with Gasteiger partial charge in [0.2, 0.25) is 0 Å². The van der Waals surface area contributed by atoms with Gasteiger partial charge in [-0.05, 0) is 54.1 Å². The van der Waals surface area contributed by atoms with Crippen LogP contribution in [0.1, 0.15) is 11.1 Å². The first-order chi connectivity index (χ1) is 14.5. The molecule has 3 aromatic carbocycles. The van der Waals surface area contributed by atoms with Crippen LogP contribution in [0.25, 0.3) is 10.9 Å². The van der Waals surface area contributed by atoms with E-state index in [0.29, 0.717) is 28.5 Å². The SMILES string of the molecule is N#Cc1cnc2ccc(NCc3cccc(Cl)c3)cc2c1Nc1ccc(F)c(Cl)c1. The molecule has 0 aliphatic heterocycles. The second kappa shape index (κ2) is 8.58. The molecule has 4 rings (SSSR count). The number of nitrogens with one attached hydrogen (secondary N) is 2. The third-order valence-electron chi connectivity index (χ3n) is 4.56. The van der Waals surface area contributed by atoms with Crippen molar-refractivity contribution < 1.29 is 4.39 Å². The molecular formula is C23H15Cl2FN4. The number of aromatic nitrogens is 1. The van der Waals surface area contributed by atoms with Crippen molar-refractivity contribution in [2.75, 3.05) is 10.6 Å². The van der Waals surface area contributed by atoms with Crippen molar-refractivity contribution in [1.82, 2.24) is 4.98 Å². The molecule has 0 saturated carbocycles. The molecule has 0 radical (unpaired) electrons. The smallest absolute Gasteiger partial charge is 0.141 e. The van der Waals surface area contributed by atoms with Gasteiger partial charge in [-0.3, -0.25) is 4.98 Å². The van der Waals surface area contributed by atoms with Crippen molar-refractivity contribution in [1.29, 1.82) is 5.26 Å². The van der Waals surface area contributed by atoms with Crippen LogP contribution in [0.4, 0.5) is 21.5 Å². The third kappa shape index (κ3) is 4.30. The van der Waals surface area contributed by atoms with Crippen LogP contribution in [0, 0.1) is 17.1 Å². The van der Waals surface area contributed by atoms with Crippen molar-refractivity contribution in [2.24, 2.45) is 0 Å². The van der Waals surface area contributed by atoms with E-state index in [1.54, 1.807) is 6.07 Å². The third-order valence-corrected chi connectivity index (χ3v) is 5.09. The molecule has 0 atom stereocenters. The van der Waals surface area contributed by atoms with E-state index in [9.17, 15) is 9.65 Å². The lowest BCUT2D eigenvalue weighted by Crippen LogP contribution is -2.01. The molecule has 4 nitrogen and oxygen atoms in total. The Bertz CT molecular complexity index is 1280. The van der Waals surface area contributed by atoms with Gasteiger partial charge in [0, 0.05) is 34.5 Å². The molecule has 0 bridgehead atoms. The normalized spacial score (nSPS) is 10.6. The Morgan fingerprint density at radius 3 is 2.60 bits per heavy atom. The number of pyridine rings is 1. The first-order valence-corrected chi connectivity index (χ1v) is 9.82. The lowest BCUT2D eigenvalue weighted by atomic mass is 10.1. The molecule has 0 saturated heterocycles.